The molecule has 0 fully saturated rings. The second-order valence-electron chi connectivity index (χ2n) is 4.36. The average molecular weight is 327 g/mol. The third kappa shape index (κ3) is 4.92. The Labute approximate surface area is 132 Å². The van der Waals surface area contributed by atoms with Crippen molar-refractivity contribution in [1.29, 1.82) is 0 Å². The van der Waals surface area contributed by atoms with Crippen molar-refractivity contribution >= 4 is 40.5 Å². The molecular weight excluding hydrogens is 314 g/mol. The Balaban J connectivity index is 1.81. The van der Waals surface area contributed by atoms with Gasteiger partial charge in [0.1, 0.15) is 5.82 Å². The number of rotatable bonds is 5. The topological polar surface area (TPSA) is 41.1 Å². The van der Waals surface area contributed by atoms with Crippen LogP contribution in [0.5, 0.6) is 0 Å². The highest BCUT2D eigenvalue weighted by Gasteiger charge is 2.04. The minimum atomic E-state index is -0.319. The summed E-state index contributed by atoms with van der Waals surface area (Å²) in [6.45, 7) is 0.399. The van der Waals surface area contributed by atoms with Crippen LogP contribution in [0.25, 0.3) is 0 Å². The van der Waals surface area contributed by atoms with Crippen molar-refractivity contribution in [3.8, 4) is 0 Å². The summed E-state index contributed by atoms with van der Waals surface area (Å²) in [5.74, 6) is -0.488. The van der Waals surface area contributed by atoms with E-state index in [-0.39, 0.29) is 18.1 Å². The van der Waals surface area contributed by atoms with Crippen LogP contribution in [0.3, 0.4) is 0 Å². The van der Waals surface area contributed by atoms with Crippen LogP contribution in [0.2, 0.25) is 10.0 Å². The van der Waals surface area contributed by atoms with Gasteiger partial charge in [0.15, 0.2) is 0 Å². The van der Waals surface area contributed by atoms with Gasteiger partial charge in [-0.05, 0) is 36.4 Å². The van der Waals surface area contributed by atoms with Gasteiger partial charge in [0.05, 0.1) is 10.0 Å². The van der Waals surface area contributed by atoms with Crippen molar-refractivity contribution in [2.75, 3.05) is 17.2 Å². The first-order valence-electron chi connectivity index (χ1n) is 6.29. The second kappa shape index (κ2) is 7.29. The van der Waals surface area contributed by atoms with Gasteiger partial charge < -0.3 is 10.6 Å². The first kappa shape index (κ1) is 15.6. The van der Waals surface area contributed by atoms with Crippen molar-refractivity contribution in [3.63, 3.8) is 0 Å². The average Bonchev–Trinajstić information content (AvgIpc) is 2.43. The highest BCUT2D eigenvalue weighted by atomic mass is 35.5. The van der Waals surface area contributed by atoms with Gasteiger partial charge in [-0.1, -0.05) is 29.3 Å². The smallest absolute Gasteiger partial charge is 0.226 e. The summed E-state index contributed by atoms with van der Waals surface area (Å²) in [4.78, 5) is 11.8. The SMILES string of the molecule is O=C(CCNc1cccc(F)c1)Nc1ccc(Cl)c(Cl)c1. The molecule has 6 heteroatoms. The maximum Gasteiger partial charge on any atom is 0.226 e. The van der Waals surface area contributed by atoms with E-state index in [1.54, 1.807) is 30.3 Å². The quantitative estimate of drug-likeness (QED) is 0.844. The van der Waals surface area contributed by atoms with Crippen molar-refractivity contribution < 1.29 is 9.18 Å². The van der Waals surface area contributed by atoms with Crippen LogP contribution < -0.4 is 10.6 Å². The predicted molar refractivity (Wildman–Crippen MR) is 84.6 cm³/mol. The van der Waals surface area contributed by atoms with Gasteiger partial charge in [-0.25, -0.2) is 4.39 Å². The largest absolute Gasteiger partial charge is 0.384 e. The minimum Gasteiger partial charge on any atom is -0.384 e. The number of carbonyl (C=O) groups excluding carboxylic acids is 1. The van der Waals surface area contributed by atoms with E-state index in [1.807, 2.05) is 0 Å². The summed E-state index contributed by atoms with van der Waals surface area (Å²) < 4.78 is 13.0. The molecule has 0 aliphatic heterocycles. The molecule has 21 heavy (non-hydrogen) atoms. The summed E-state index contributed by atoms with van der Waals surface area (Å²) >= 11 is 11.7. The number of nitrogens with one attached hydrogen (secondary N) is 2. The first-order chi connectivity index (χ1) is 10.0. The standard InChI is InChI=1S/C15H13Cl2FN2O/c16-13-5-4-12(9-14(13)17)20-15(21)6-7-19-11-3-1-2-10(18)8-11/h1-5,8-9,19H,6-7H2,(H,20,21). The van der Waals surface area contributed by atoms with E-state index < -0.39 is 0 Å². The third-order valence-corrected chi connectivity index (χ3v) is 3.45. The molecule has 3 nitrogen and oxygen atoms in total. The monoisotopic (exact) mass is 326 g/mol. The van der Waals surface area contributed by atoms with Gasteiger partial charge in [0.25, 0.3) is 0 Å². The summed E-state index contributed by atoms with van der Waals surface area (Å²) in [5.41, 5.74) is 1.22. The normalized spacial score (nSPS) is 10.2. The summed E-state index contributed by atoms with van der Waals surface area (Å²) in [6.07, 6.45) is 0.247. The molecule has 2 N–H and O–H groups in total. The van der Waals surface area contributed by atoms with E-state index in [9.17, 15) is 9.18 Å². The molecule has 0 atom stereocenters. The molecule has 2 aromatic carbocycles. The van der Waals surface area contributed by atoms with Gasteiger partial charge in [-0.3, -0.25) is 4.79 Å². The zero-order chi connectivity index (χ0) is 15.2. The lowest BCUT2D eigenvalue weighted by atomic mass is 10.3. The molecule has 0 saturated carbocycles. The molecule has 2 aromatic rings. The molecule has 0 aliphatic rings. The molecule has 0 saturated heterocycles. The number of hydrogen-bond donors (Lipinski definition) is 2. The number of hydrogen-bond acceptors (Lipinski definition) is 2. The minimum absolute atomic E-state index is 0.169. The van der Waals surface area contributed by atoms with Crippen molar-refractivity contribution in [2.24, 2.45) is 0 Å². The zero-order valence-corrected chi connectivity index (χ0v) is 12.5. The first-order valence-corrected chi connectivity index (χ1v) is 7.04. The van der Waals surface area contributed by atoms with E-state index in [4.69, 9.17) is 23.2 Å². The number of anilines is 2. The number of amides is 1. The Bertz CT molecular complexity index is 649. The molecule has 0 heterocycles. The van der Waals surface area contributed by atoms with Crippen LogP contribution in [0.1, 0.15) is 6.42 Å². The lowest BCUT2D eigenvalue weighted by Gasteiger charge is -2.08. The third-order valence-electron chi connectivity index (χ3n) is 2.71. The highest BCUT2D eigenvalue weighted by Crippen LogP contribution is 2.25. The van der Waals surface area contributed by atoms with E-state index >= 15 is 0 Å². The fraction of sp³-hybridized carbons (Fsp3) is 0.133. The molecule has 0 bridgehead atoms. The molecule has 0 aliphatic carbocycles. The Kier molecular flexibility index (Phi) is 5.42. The van der Waals surface area contributed by atoms with Crippen molar-refractivity contribution in [1.82, 2.24) is 0 Å². The van der Waals surface area contributed by atoms with Crippen LogP contribution in [0, 0.1) is 5.82 Å². The van der Waals surface area contributed by atoms with Gasteiger partial charge in [0, 0.05) is 24.3 Å². The lowest BCUT2D eigenvalue weighted by Crippen LogP contribution is -2.16. The Morgan fingerprint density at radius 2 is 1.86 bits per heavy atom. The Hall–Kier alpha value is -1.78. The van der Waals surface area contributed by atoms with Crippen LogP contribution in [-0.2, 0) is 4.79 Å². The molecule has 2 rings (SSSR count). The summed E-state index contributed by atoms with van der Waals surface area (Å²) in [7, 11) is 0. The van der Waals surface area contributed by atoms with Gasteiger partial charge >= 0.3 is 0 Å². The van der Waals surface area contributed by atoms with Gasteiger partial charge in [-0.15, -0.1) is 0 Å². The van der Waals surface area contributed by atoms with Gasteiger partial charge in [-0.2, -0.15) is 0 Å². The van der Waals surface area contributed by atoms with E-state index in [1.165, 1.54) is 12.1 Å². The molecule has 0 spiro atoms. The molecule has 0 radical (unpaired) electrons. The maximum absolute atomic E-state index is 13.0. The highest BCUT2D eigenvalue weighted by molar-refractivity contribution is 6.42. The van der Waals surface area contributed by atoms with E-state index in [0.717, 1.165) is 0 Å². The van der Waals surface area contributed by atoms with Crippen molar-refractivity contribution in [2.45, 2.75) is 6.42 Å². The van der Waals surface area contributed by atoms with Crippen LogP contribution in [-0.4, -0.2) is 12.5 Å². The molecule has 1 amide bonds. The molecule has 0 aromatic heterocycles. The van der Waals surface area contributed by atoms with Crippen LogP contribution in [0.15, 0.2) is 42.5 Å². The van der Waals surface area contributed by atoms with E-state index in [2.05, 4.69) is 10.6 Å². The Morgan fingerprint density at radius 1 is 1.05 bits per heavy atom. The van der Waals surface area contributed by atoms with Crippen LogP contribution in [0.4, 0.5) is 15.8 Å². The number of halogens is 3. The van der Waals surface area contributed by atoms with E-state index in [0.29, 0.717) is 28.0 Å². The fourth-order valence-electron chi connectivity index (χ4n) is 1.72. The second-order valence-corrected chi connectivity index (χ2v) is 5.18. The molecule has 0 unspecified atom stereocenters. The number of benzene rings is 2. The fourth-order valence-corrected chi connectivity index (χ4v) is 2.01. The lowest BCUT2D eigenvalue weighted by molar-refractivity contribution is -0.115. The van der Waals surface area contributed by atoms with Crippen molar-refractivity contribution in [3.05, 3.63) is 58.3 Å². The zero-order valence-electron chi connectivity index (χ0n) is 11.0. The summed E-state index contributed by atoms with van der Waals surface area (Å²) in [5, 5.41) is 6.50. The predicted octanol–water partition coefficient (Wildman–Crippen LogP) is 4.57. The molecule has 110 valence electrons. The van der Waals surface area contributed by atoms with Gasteiger partial charge in [0.2, 0.25) is 5.91 Å². The molecular formula is C15H13Cl2FN2O. The van der Waals surface area contributed by atoms with Crippen LogP contribution >= 0.6 is 23.2 Å². The maximum atomic E-state index is 13.0. The summed E-state index contributed by atoms with van der Waals surface area (Å²) in [6, 6.07) is 10.9. The number of carbonyl (C=O) groups is 1. The Morgan fingerprint density at radius 3 is 2.57 bits per heavy atom.